The maximum absolute atomic E-state index is 4.02. The second-order valence-corrected chi connectivity index (χ2v) is 24.3. The van der Waals surface area contributed by atoms with Gasteiger partial charge in [-0.2, -0.15) is 24.3 Å². The van der Waals surface area contributed by atoms with Crippen LogP contribution < -0.4 is 52.8 Å². The average Bonchev–Trinajstić information content (AvgIpc) is 3.89. The van der Waals surface area contributed by atoms with Crippen molar-refractivity contribution in [3.8, 4) is 11.1 Å². The van der Waals surface area contributed by atoms with Crippen molar-refractivity contribution >= 4 is 23.6 Å². The van der Waals surface area contributed by atoms with E-state index in [2.05, 4.69) is 285 Å². The van der Waals surface area contributed by atoms with Crippen molar-refractivity contribution in [2.75, 3.05) is 0 Å². The molecule has 0 N–H and O–H groups in total. The fraction of sp³-hybridized carbons (Fsp3) is 0.0959. The summed E-state index contributed by atoms with van der Waals surface area (Å²) in [5, 5.41) is 4.31. The summed E-state index contributed by atoms with van der Waals surface area (Å²) < 4.78 is 0. The fourth-order valence-corrected chi connectivity index (χ4v) is 18.0. The first kappa shape index (κ1) is 57.4. The Kier molecular flexibility index (Phi) is 19.7. The Morgan fingerprint density at radius 3 is 0.821 bits per heavy atom. The molecule has 0 aliphatic heterocycles. The van der Waals surface area contributed by atoms with Gasteiger partial charge >= 0.3 is 21.7 Å². The molecule has 0 heterocycles. The molecule has 11 aromatic rings. The van der Waals surface area contributed by atoms with Gasteiger partial charge in [0, 0.05) is 0 Å². The smallest absolute Gasteiger partial charge is 1.00 e. The minimum Gasteiger partial charge on any atom is -1.00 e. The quantitative estimate of drug-likeness (QED) is 0.0647. The van der Waals surface area contributed by atoms with E-state index >= 15 is 0 Å². The molecule has 0 spiro atoms. The van der Waals surface area contributed by atoms with Gasteiger partial charge in [0.25, 0.3) is 0 Å². The average molecular weight is 1120 g/mol. The molecule has 380 valence electrons. The topological polar surface area (TPSA) is 0 Å². The molecule has 1 aliphatic rings. The zero-order valence-corrected chi connectivity index (χ0v) is 48.3. The molecule has 0 saturated heterocycles. The zero-order chi connectivity index (χ0) is 49.5. The number of benzene rings is 11. The number of fused-ring (bicyclic) bond motifs is 3. The van der Waals surface area contributed by atoms with E-state index in [-0.39, 0.29) is 64.5 Å². The summed E-state index contributed by atoms with van der Waals surface area (Å²) in [6.07, 6.45) is 5.03. The number of halogens is 3. The van der Waals surface area contributed by atoms with Crippen molar-refractivity contribution in [2.24, 2.45) is 0 Å². The predicted octanol–water partition coefficient (Wildman–Crippen LogP) is 5.86. The maximum Gasteiger partial charge on any atom is 4.00 e. The molecule has 0 nitrogen and oxygen atoms in total. The van der Waals surface area contributed by atoms with Gasteiger partial charge in [0.05, 0.1) is 0 Å². The van der Waals surface area contributed by atoms with E-state index < -0.39 is 8.07 Å². The first-order chi connectivity index (χ1) is 36.6. The number of hydrogen-bond donors (Lipinski definition) is 0. The fourth-order valence-electron chi connectivity index (χ4n) is 12.1. The van der Waals surface area contributed by atoms with Gasteiger partial charge in [-0.25, -0.2) is 0 Å². The summed E-state index contributed by atoms with van der Waals surface area (Å²) >= 11 is 0. The van der Waals surface area contributed by atoms with Gasteiger partial charge in [-0.1, -0.05) is 266 Å². The standard InChI is InChI=1S/C73H59Si.3ClH.Ti/c1-7-23-54(24-8-1)39-60-45-61(40-55-25-9-2-10-26-55)49-66(48-60)74(73-71-37-21-19-35-69(71)70-36-20-22-38-72(70)73,67-50-62(41-56-27-11-3-12-28-56)46-63(51-67)42-57-29-13-4-14-30-57)68-52-64(43-58-31-15-5-16-32-58)47-65(53-68)44-59-33-17-6-18-34-59;;;;/h1-37,45-53,73H,39-44H2;3*1H;/q-1;;;;+4/p-3. The Morgan fingerprint density at radius 2 is 0.526 bits per heavy atom. The molecule has 1 unspecified atom stereocenters. The molecule has 11 aromatic carbocycles. The summed E-state index contributed by atoms with van der Waals surface area (Å²) in [6.45, 7) is 0. The second-order valence-electron chi connectivity index (χ2n) is 20.4. The summed E-state index contributed by atoms with van der Waals surface area (Å²) in [7, 11) is -3.42. The number of rotatable bonds is 16. The Hall–Kier alpha value is -6.78. The molecule has 1 aliphatic carbocycles. The second kappa shape index (κ2) is 26.7. The van der Waals surface area contributed by atoms with Crippen molar-refractivity contribution < 1.29 is 58.9 Å². The van der Waals surface area contributed by atoms with Crippen molar-refractivity contribution in [2.45, 2.75) is 44.1 Å². The summed E-state index contributed by atoms with van der Waals surface area (Å²) in [6, 6.07) is 110. The van der Waals surface area contributed by atoms with Crippen molar-refractivity contribution in [1.29, 1.82) is 0 Å². The molecular weight excluding hydrogens is 1060 g/mol. The molecule has 1 atom stereocenters. The van der Waals surface area contributed by atoms with Crippen LogP contribution in [-0.4, -0.2) is 8.07 Å². The monoisotopic (exact) mass is 1120 g/mol. The molecule has 0 aromatic heterocycles. The summed E-state index contributed by atoms with van der Waals surface area (Å²) in [4.78, 5) is 0. The van der Waals surface area contributed by atoms with Gasteiger partial charge in [0.1, 0.15) is 0 Å². The molecule has 0 bridgehead atoms. The largest absolute Gasteiger partial charge is 4.00 e. The Bertz CT molecular complexity index is 3130. The molecule has 78 heavy (non-hydrogen) atoms. The van der Waals surface area contributed by atoms with Crippen molar-refractivity contribution in [3.05, 3.63) is 363 Å². The minimum atomic E-state index is -3.42. The van der Waals surface area contributed by atoms with Crippen molar-refractivity contribution in [1.82, 2.24) is 0 Å². The van der Waals surface area contributed by atoms with Crippen LogP contribution in [0.25, 0.3) is 11.1 Å². The van der Waals surface area contributed by atoms with E-state index in [4.69, 9.17) is 0 Å². The van der Waals surface area contributed by atoms with Crippen LogP contribution in [0.5, 0.6) is 0 Å². The summed E-state index contributed by atoms with van der Waals surface area (Å²) in [5.41, 5.74) is 21.3. The minimum absolute atomic E-state index is 0. The SMILES string of the molecule is [Cl-].[Cl-].[Cl-].[Ti+4].[c-]1cccc2c1C([Si](c1cc(Cc3ccccc3)cc(Cc3ccccc3)c1)(c1cc(Cc3ccccc3)cc(Cc3ccccc3)c1)c1cc(Cc3ccccc3)cc(Cc3ccccc3)c1)c1ccccc1-2. The number of hydrogen-bond acceptors (Lipinski definition) is 0. The van der Waals surface area contributed by atoms with Gasteiger partial charge in [0.2, 0.25) is 0 Å². The Labute approximate surface area is 496 Å². The van der Waals surface area contributed by atoms with Gasteiger partial charge in [-0.3, -0.25) is 0 Å². The van der Waals surface area contributed by atoms with Gasteiger partial charge in [-0.05, 0) is 132 Å². The Morgan fingerprint density at radius 1 is 0.269 bits per heavy atom. The van der Waals surface area contributed by atoms with Crippen LogP contribution in [-0.2, 0) is 60.2 Å². The van der Waals surface area contributed by atoms with E-state index in [0.29, 0.717) is 0 Å². The molecule has 0 saturated carbocycles. The third-order valence-corrected chi connectivity index (χ3v) is 20.3. The van der Waals surface area contributed by atoms with Crippen LogP contribution in [0.15, 0.2) is 279 Å². The van der Waals surface area contributed by atoms with E-state index in [1.807, 2.05) is 0 Å². The molecule has 0 fully saturated rings. The van der Waals surface area contributed by atoms with Crippen LogP contribution in [0.3, 0.4) is 0 Å². The van der Waals surface area contributed by atoms with Gasteiger partial charge in [0.15, 0.2) is 8.07 Å². The first-order valence-corrected chi connectivity index (χ1v) is 28.4. The van der Waals surface area contributed by atoms with E-state index in [0.717, 1.165) is 38.5 Å². The normalized spacial score (nSPS) is 12.1. The molecule has 12 rings (SSSR count). The Balaban J connectivity index is 0.00000201. The van der Waals surface area contributed by atoms with Crippen LogP contribution >= 0.6 is 0 Å². The molecule has 0 amide bonds. The van der Waals surface area contributed by atoms with Crippen LogP contribution in [0.1, 0.15) is 83.4 Å². The summed E-state index contributed by atoms with van der Waals surface area (Å²) in [5.74, 6) is 0. The predicted molar refractivity (Wildman–Crippen MR) is 312 cm³/mol. The van der Waals surface area contributed by atoms with E-state index in [1.54, 1.807) is 0 Å². The molecule has 0 radical (unpaired) electrons. The van der Waals surface area contributed by atoms with Crippen molar-refractivity contribution in [3.63, 3.8) is 0 Å². The zero-order valence-electron chi connectivity index (χ0n) is 43.5. The van der Waals surface area contributed by atoms with Crippen LogP contribution in [0.4, 0.5) is 0 Å². The third kappa shape index (κ3) is 12.7. The first-order valence-electron chi connectivity index (χ1n) is 26.3. The van der Waals surface area contributed by atoms with Gasteiger partial charge in [-0.15, -0.1) is 11.1 Å². The van der Waals surface area contributed by atoms with Crippen LogP contribution in [0, 0.1) is 6.07 Å². The van der Waals surface area contributed by atoms with E-state index in [9.17, 15) is 0 Å². The van der Waals surface area contributed by atoms with Crippen LogP contribution in [0.2, 0.25) is 0 Å². The van der Waals surface area contributed by atoms with Gasteiger partial charge < -0.3 is 37.2 Å². The molecule has 5 heteroatoms. The van der Waals surface area contributed by atoms with E-state index in [1.165, 1.54) is 105 Å². The maximum atomic E-state index is 4.02. The third-order valence-electron chi connectivity index (χ3n) is 15.2. The molecular formula is C73H59Cl3SiTi.